The van der Waals surface area contributed by atoms with E-state index in [2.05, 4.69) is 0 Å². The molecule has 13 heteroatoms. The monoisotopic (exact) mass is 510 g/mol. The Bertz CT molecular complexity index is 882. The molecular formula is C18H13Na4O6P3. The molecule has 140 valence electrons. The largest absolute Gasteiger partial charge is 1.00 e. The molecule has 0 atom stereocenters. The molecule has 0 spiro atoms. The molecular weight excluding hydrogens is 497 g/mol. The number of hydrogen-bond acceptors (Lipinski definition) is 6. The fourth-order valence-corrected chi connectivity index (χ4v) is 6.34. The van der Waals surface area contributed by atoms with Gasteiger partial charge < -0.3 is 29.4 Å². The summed E-state index contributed by atoms with van der Waals surface area (Å²) >= 11 is 0. The maximum atomic E-state index is 11.4. The predicted molar refractivity (Wildman–Crippen MR) is 98.3 cm³/mol. The average Bonchev–Trinajstić information content (AvgIpc) is 2.62. The van der Waals surface area contributed by atoms with Gasteiger partial charge in [-0.2, -0.15) is 0 Å². The Morgan fingerprint density at radius 2 is 0.806 bits per heavy atom. The summed E-state index contributed by atoms with van der Waals surface area (Å²) in [5, 5.41) is 1.27. The van der Waals surface area contributed by atoms with Gasteiger partial charge in [-0.25, -0.2) is 0 Å². The third-order valence-electron chi connectivity index (χ3n) is 3.82. The third kappa shape index (κ3) is 10.3. The molecule has 0 bridgehead atoms. The van der Waals surface area contributed by atoms with E-state index in [4.69, 9.17) is 0 Å². The number of benzene rings is 3. The van der Waals surface area contributed by atoms with Crippen LogP contribution in [0.25, 0.3) is 0 Å². The van der Waals surface area contributed by atoms with E-state index in [0.29, 0.717) is 10.6 Å². The second-order valence-electron chi connectivity index (χ2n) is 5.71. The van der Waals surface area contributed by atoms with E-state index in [9.17, 15) is 29.4 Å². The van der Waals surface area contributed by atoms with Gasteiger partial charge in [-0.3, -0.25) is 0 Å². The van der Waals surface area contributed by atoms with Crippen LogP contribution >= 0.6 is 23.8 Å². The van der Waals surface area contributed by atoms with E-state index in [1.54, 1.807) is 24.3 Å². The van der Waals surface area contributed by atoms with Gasteiger partial charge in [0, 0.05) is 0 Å². The first kappa shape index (κ1) is 35.9. The minimum atomic E-state index is -4.94. The summed E-state index contributed by atoms with van der Waals surface area (Å²) in [4.78, 5) is 68.6. The van der Waals surface area contributed by atoms with Gasteiger partial charge in [0.05, 0.1) is 10.6 Å². The van der Waals surface area contributed by atoms with Crippen molar-refractivity contribution < 1.29 is 148 Å². The van der Waals surface area contributed by atoms with E-state index in [-0.39, 0.29) is 129 Å². The van der Waals surface area contributed by atoms with Crippen LogP contribution < -0.4 is 174 Å². The molecule has 3 rings (SSSR count). The average molecular weight is 510 g/mol. The summed E-state index contributed by atoms with van der Waals surface area (Å²) < 4.78 is 0. The van der Waals surface area contributed by atoms with Crippen LogP contribution in [-0.4, -0.2) is 0 Å². The van der Waals surface area contributed by atoms with Crippen LogP contribution in [0.3, 0.4) is 0 Å². The minimum absolute atomic E-state index is 0. The second kappa shape index (κ2) is 15.7. The molecule has 0 N–H and O–H groups in total. The molecule has 0 heterocycles. The molecule has 31 heavy (non-hydrogen) atoms. The van der Waals surface area contributed by atoms with E-state index in [0.717, 1.165) is 5.30 Å². The Balaban J connectivity index is 0. The third-order valence-corrected chi connectivity index (χ3v) is 8.05. The van der Waals surface area contributed by atoms with Crippen molar-refractivity contribution in [1.82, 2.24) is 0 Å². The van der Waals surface area contributed by atoms with Crippen molar-refractivity contribution in [2.75, 3.05) is 0 Å². The van der Waals surface area contributed by atoms with Crippen LogP contribution in [0.2, 0.25) is 0 Å². The molecule has 3 aromatic carbocycles. The van der Waals surface area contributed by atoms with Crippen molar-refractivity contribution >= 4 is 50.3 Å². The van der Waals surface area contributed by atoms with Crippen LogP contribution in [0.5, 0.6) is 0 Å². The smallest absolute Gasteiger partial charge is 0.683 e. The zero-order valence-electron chi connectivity index (χ0n) is 17.8. The number of hydrogen-bond donors (Lipinski definition) is 0. The molecule has 0 aliphatic heterocycles. The van der Waals surface area contributed by atoms with Crippen LogP contribution in [0, 0.1) is 0 Å². The molecule has 0 amide bonds. The summed E-state index contributed by atoms with van der Waals surface area (Å²) in [6, 6.07) is 20.4. The maximum Gasteiger partial charge on any atom is 1.00 e. The first-order valence-electron chi connectivity index (χ1n) is 7.77. The first-order valence-corrected chi connectivity index (χ1v) is 12.2. The Kier molecular flexibility index (Phi) is 18.2. The molecule has 0 unspecified atom stereocenters. The molecule has 0 radical (unpaired) electrons. The Morgan fingerprint density at radius 3 is 1.16 bits per heavy atom. The van der Waals surface area contributed by atoms with Crippen molar-refractivity contribution in [1.29, 1.82) is 0 Å². The SMILES string of the molecule is [Na+].[Na+].[Na+].[Na+].[O-][P+]([O-])([O-])c1cccc(P(c2ccccc2)c2cccc([P+]([O-])([O-])[O-])c2)c1. The zero-order chi connectivity index (χ0) is 19.7. The van der Waals surface area contributed by atoms with Crippen molar-refractivity contribution in [3.63, 3.8) is 0 Å². The van der Waals surface area contributed by atoms with Crippen molar-refractivity contribution in [3.8, 4) is 0 Å². The number of rotatable bonds is 5. The topological polar surface area (TPSA) is 138 Å². The van der Waals surface area contributed by atoms with Crippen LogP contribution in [-0.2, 0) is 0 Å². The maximum absolute atomic E-state index is 11.4. The van der Waals surface area contributed by atoms with Gasteiger partial charge in [0.2, 0.25) is 0 Å². The second-order valence-corrected chi connectivity index (χ2v) is 10.9. The molecule has 0 saturated carbocycles. The normalized spacial score (nSPS) is 10.8. The van der Waals surface area contributed by atoms with Crippen molar-refractivity contribution in [3.05, 3.63) is 78.9 Å². The van der Waals surface area contributed by atoms with Gasteiger partial charge in [-0.05, 0) is 48.1 Å². The van der Waals surface area contributed by atoms with E-state index < -0.39 is 23.8 Å². The summed E-state index contributed by atoms with van der Waals surface area (Å²) in [7, 11) is -11.2. The standard InChI is InChI=1S/C18H17O6P3.4Na/c19-26(20,21)17-10-4-8-15(12-17)25(14-6-2-1-3-7-14)16-9-5-11-18(13-16)27(22,23)24;;;;/h1-13H,(H2,19,20,21)(H2,22,23,24);;;;/q;4*+1/p-4. The van der Waals surface area contributed by atoms with E-state index in [1.165, 1.54) is 36.4 Å². The minimum Gasteiger partial charge on any atom is -0.683 e. The molecule has 0 aromatic heterocycles. The van der Waals surface area contributed by atoms with Crippen LogP contribution in [0.4, 0.5) is 0 Å². The Morgan fingerprint density at radius 1 is 0.452 bits per heavy atom. The van der Waals surface area contributed by atoms with Crippen molar-refractivity contribution in [2.45, 2.75) is 0 Å². The van der Waals surface area contributed by atoms with E-state index in [1.807, 2.05) is 18.2 Å². The van der Waals surface area contributed by atoms with Crippen LogP contribution in [0.1, 0.15) is 0 Å². The summed E-state index contributed by atoms with van der Waals surface area (Å²) in [6.45, 7) is 0. The van der Waals surface area contributed by atoms with Gasteiger partial charge in [0.15, 0.2) is 0 Å². The Hall–Kier alpha value is 2.71. The van der Waals surface area contributed by atoms with E-state index >= 15 is 0 Å². The fraction of sp³-hybridized carbons (Fsp3) is 0. The van der Waals surface area contributed by atoms with Gasteiger partial charge in [0.25, 0.3) is 0 Å². The molecule has 3 aromatic rings. The van der Waals surface area contributed by atoms with Crippen molar-refractivity contribution in [2.24, 2.45) is 0 Å². The summed E-state index contributed by atoms with van der Waals surface area (Å²) in [5.74, 6) is 0. The van der Waals surface area contributed by atoms with Gasteiger partial charge in [-0.15, -0.1) is 15.9 Å². The van der Waals surface area contributed by atoms with Crippen LogP contribution in [0.15, 0.2) is 78.9 Å². The van der Waals surface area contributed by atoms with Gasteiger partial charge in [0.1, 0.15) is 0 Å². The quantitative estimate of drug-likeness (QED) is 0.247. The fourth-order valence-electron chi connectivity index (χ4n) is 2.63. The van der Waals surface area contributed by atoms with Gasteiger partial charge in [-0.1, -0.05) is 54.6 Å². The molecule has 0 fully saturated rings. The molecule has 0 aliphatic carbocycles. The Labute approximate surface area is 272 Å². The molecule has 0 aliphatic rings. The van der Waals surface area contributed by atoms with Gasteiger partial charge >= 0.3 is 118 Å². The molecule has 0 saturated heterocycles. The summed E-state index contributed by atoms with van der Waals surface area (Å²) in [6.07, 6.45) is 0. The predicted octanol–water partition coefficient (Wildman–Crippen LogP) is -15.6. The summed E-state index contributed by atoms with van der Waals surface area (Å²) in [5.41, 5.74) is 0. The zero-order valence-corrected chi connectivity index (χ0v) is 28.5. The molecule has 6 nitrogen and oxygen atoms in total. The first-order chi connectivity index (χ1) is 12.7.